The van der Waals surface area contributed by atoms with Crippen molar-refractivity contribution >= 4 is 12.0 Å². The van der Waals surface area contributed by atoms with E-state index < -0.39 is 23.3 Å². The zero-order valence-electron chi connectivity index (χ0n) is 10.7. The smallest absolute Gasteiger partial charge is 0.410 e. The Kier molecular flexibility index (Phi) is 3.35. The summed E-state index contributed by atoms with van der Waals surface area (Å²) in [7, 11) is 2.77. The Bertz CT molecular complexity index is 344. The van der Waals surface area contributed by atoms with Crippen LogP contribution in [0, 0.1) is 0 Å². The fourth-order valence-electron chi connectivity index (χ4n) is 2.06. The summed E-state index contributed by atoms with van der Waals surface area (Å²) in [6, 6.07) is 0. The fourth-order valence-corrected chi connectivity index (χ4v) is 2.06. The quantitative estimate of drug-likeness (QED) is 0.718. The molecule has 2 amide bonds. The summed E-state index contributed by atoms with van der Waals surface area (Å²) in [5.41, 5.74) is -2.31. The van der Waals surface area contributed by atoms with Gasteiger partial charge in [-0.25, -0.2) is 9.86 Å². The van der Waals surface area contributed by atoms with Crippen LogP contribution in [0.25, 0.3) is 0 Å². The lowest BCUT2D eigenvalue weighted by Crippen LogP contribution is -2.60. The molecule has 1 N–H and O–H groups in total. The first kappa shape index (κ1) is 13.7. The molecule has 1 rings (SSSR count). The molecule has 1 aliphatic heterocycles. The number of rotatable bonds is 2. The first-order valence-corrected chi connectivity index (χ1v) is 5.16. The fraction of sp³-hybridized carbons (Fsp3) is 0.800. The molecule has 98 valence electrons. The first-order valence-electron chi connectivity index (χ1n) is 5.16. The predicted octanol–water partition coefficient (Wildman–Crippen LogP) is 0.511. The summed E-state index contributed by atoms with van der Waals surface area (Å²) in [4.78, 5) is 29.2. The Morgan fingerprint density at radius 1 is 1.41 bits per heavy atom. The van der Waals surface area contributed by atoms with Crippen LogP contribution in [0.5, 0.6) is 0 Å². The second kappa shape index (κ2) is 4.15. The Balaban J connectivity index is 3.11. The third-order valence-electron chi connectivity index (χ3n) is 2.95. The zero-order chi connectivity index (χ0) is 13.4. The van der Waals surface area contributed by atoms with Gasteiger partial charge in [0.1, 0.15) is 5.72 Å². The molecular formula is C10H18N2O5. The van der Waals surface area contributed by atoms with Gasteiger partial charge in [0.25, 0.3) is 5.91 Å². The monoisotopic (exact) mass is 246 g/mol. The minimum Gasteiger partial charge on any atom is -0.465 e. The molecule has 0 aromatic heterocycles. The SMILES string of the molecule is CON(C)C(=O)C1(C)COC(C)(C)N1C(=O)O. The highest BCUT2D eigenvalue weighted by Gasteiger charge is 2.57. The van der Waals surface area contributed by atoms with E-state index >= 15 is 0 Å². The maximum Gasteiger partial charge on any atom is 0.410 e. The number of carboxylic acid groups (broad SMARTS) is 1. The van der Waals surface area contributed by atoms with Crippen molar-refractivity contribution in [2.75, 3.05) is 20.8 Å². The van der Waals surface area contributed by atoms with Crippen molar-refractivity contribution in [2.45, 2.75) is 32.0 Å². The van der Waals surface area contributed by atoms with Gasteiger partial charge in [0.15, 0.2) is 5.54 Å². The molecule has 0 spiro atoms. The molecule has 1 fully saturated rings. The number of hydrogen-bond donors (Lipinski definition) is 1. The topological polar surface area (TPSA) is 79.3 Å². The summed E-state index contributed by atoms with van der Waals surface area (Å²) in [6.07, 6.45) is -1.20. The Hall–Kier alpha value is -1.34. The molecule has 0 aromatic carbocycles. The number of hydroxylamine groups is 2. The second-order valence-corrected chi connectivity index (χ2v) is 4.61. The van der Waals surface area contributed by atoms with Gasteiger partial charge in [-0.2, -0.15) is 0 Å². The zero-order valence-corrected chi connectivity index (χ0v) is 10.7. The third-order valence-corrected chi connectivity index (χ3v) is 2.95. The molecule has 0 bridgehead atoms. The van der Waals surface area contributed by atoms with E-state index in [1.807, 2.05) is 0 Å². The molecule has 0 saturated carbocycles. The largest absolute Gasteiger partial charge is 0.465 e. The minimum atomic E-state index is -1.28. The van der Waals surface area contributed by atoms with E-state index in [1.165, 1.54) is 21.1 Å². The molecule has 1 atom stereocenters. The number of likely N-dealkylation sites (N-methyl/N-ethyl adjacent to an activating group) is 1. The van der Waals surface area contributed by atoms with Crippen molar-refractivity contribution in [1.82, 2.24) is 9.96 Å². The van der Waals surface area contributed by atoms with Crippen molar-refractivity contribution in [1.29, 1.82) is 0 Å². The molecular weight excluding hydrogens is 228 g/mol. The van der Waals surface area contributed by atoms with Crippen LogP contribution < -0.4 is 0 Å². The van der Waals surface area contributed by atoms with Crippen LogP contribution in [0.4, 0.5) is 4.79 Å². The average molecular weight is 246 g/mol. The number of nitrogens with zero attached hydrogens (tertiary/aromatic N) is 2. The number of ether oxygens (including phenoxy) is 1. The number of carbonyl (C=O) groups is 2. The van der Waals surface area contributed by atoms with Gasteiger partial charge in [0, 0.05) is 7.05 Å². The number of amides is 2. The van der Waals surface area contributed by atoms with Gasteiger partial charge in [0.05, 0.1) is 13.7 Å². The lowest BCUT2D eigenvalue weighted by atomic mass is 10.00. The minimum absolute atomic E-state index is 0.00116. The molecule has 1 aliphatic rings. The Morgan fingerprint density at radius 2 is 1.94 bits per heavy atom. The van der Waals surface area contributed by atoms with E-state index in [0.29, 0.717) is 0 Å². The number of hydrogen-bond acceptors (Lipinski definition) is 4. The van der Waals surface area contributed by atoms with E-state index in [2.05, 4.69) is 0 Å². The molecule has 17 heavy (non-hydrogen) atoms. The maximum absolute atomic E-state index is 12.1. The third kappa shape index (κ3) is 2.07. The van der Waals surface area contributed by atoms with Crippen molar-refractivity contribution < 1.29 is 24.3 Å². The summed E-state index contributed by atoms with van der Waals surface area (Å²) in [5, 5.41) is 10.2. The van der Waals surface area contributed by atoms with E-state index in [0.717, 1.165) is 9.96 Å². The van der Waals surface area contributed by atoms with E-state index in [-0.39, 0.29) is 6.61 Å². The maximum atomic E-state index is 12.1. The molecule has 7 nitrogen and oxygen atoms in total. The van der Waals surface area contributed by atoms with Crippen LogP contribution >= 0.6 is 0 Å². The van der Waals surface area contributed by atoms with Gasteiger partial charge < -0.3 is 9.84 Å². The van der Waals surface area contributed by atoms with Crippen molar-refractivity contribution in [3.63, 3.8) is 0 Å². The summed E-state index contributed by atoms with van der Waals surface area (Å²) in [5.74, 6) is -0.465. The van der Waals surface area contributed by atoms with Crippen LogP contribution in [0.2, 0.25) is 0 Å². The molecule has 0 aliphatic carbocycles. The van der Waals surface area contributed by atoms with Crippen molar-refractivity contribution in [3.05, 3.63) is 0 Å². The van der Waals surface area contributed by atoms with Gasteiger partial charge in [-0.3, -0.25) is 14.5 Å². The van der Waals surface area contributed by atoms with Gasteiger partial charge >= 0.3 is 6.09 Å². The highest BCUT2D eigenvalue weighted by molar-refractivity contribution is 5.89. The molecule has 0 aromatic rings. The molecule has 1 saturated heterocycles. The summed E-state index contributed by atoms with van der Waals surface area (Å²) in [6.45, 7) is 4.73. The van der Waals surface area contributed by atoms with E-state index in [9.17, 15) is 14.7 Å². The molecule has 1 unspecified atom stereocenters. The highest BCUT2D eigenvalue weighted by atomic mass is 16.7. The van der Waals surface area contributed by atoms with Crippen molar-refractivity contribution in [2.24, 2.45) is 0 Å². The Morgan fingerprint density at radius 3 is 2.35 bits per heavy atom. The van der Waals surface area contributed by atoms with Gasteiger partial charge in [-0.15, -0.1) is 0 Å². The predicted molar refractivity (Wildman–Crippen MR) is 58.1 cm³/mol. The van der Waals surface area contributed by atoms with Gasteiger partial charge in [0.2, 0.25) is 0 Å². The second-order valence-electron chi connectivity index (χ2n) is 4.61. The van der Waals surface area contributed by atoms with Crippen LogP contribution in [-0.2, 0) is 14.4 Å². The summed E-state index contributed by atoms with van der Waals surface area (Å²) >= 11 is 0. The first-order chi connectivity index (χ1) is 7.66. The van der Waals surface area contributed by atoms with E-state index in [4.69, 9.17) is 9.57 Å². The number of carbonyl (C=O) groups excluding carboxylic acids is 1. The van der Waals surface area contributed by atoms with Gasteiger partial charge in [-0.1, -0.05) is 0 Å². The standard InChI is InChI=1S/C10H18N2O5/c1-9(2)12(8(14)15)10(3,6-17-9)7(13)11(4)16-5/h6H2,1-5H3,(H,14,15). The van der Waals surface area contributed by atoms with Gasteiger partial charge in [-0.05, 0) is 20.8 Å². The normalized spacial score (nSPS) is 27.0. The van der Waals surface area contributed by atoms with E-state index in [1.54, 1.807) is 13.8 Å². The van der Waals surface area contributed by atoms with Crippen LogP contribution in [0.15, 0.2) is 0 Å². The Labute approximate surface area is 99.8 Å². The molecule has 7 heteroatoms. The van der Waals surface area contributed by atoms with Crippen LogP contribution in [-0.4, -0.2) is 59.1 Å². The molecule has 1 heterocycles. The average Bonchev–Trinajstić information content (AvgIpc) is 2.48. The lowest BCUT2D eigenvalue weighted by molar-refractivity contribution is -0.179. The molecule has 0 radical (unpaired) electrons. The van der Waals surface area contributed by atoms with Crippen molar-refractivity contribution in [3.8, 4) is 0 Å². The van der Waals surface area contributed by atoms with Crippen LogP contribution in [0.1, 0.15) is 20.8 Å². The highest BCUT2D eigenvalue weighted by Crippen LogP contribution is 2.35. The lowest BCUT2D eigenvalue weighted by Gasteiger charge is -2.37. The van der Waals surface area contributed by atoms with Crippen LogP contribution in [0.3, 0.4) is 0 Å². The summed E-state index contributed by atoms with van der Waals surface area (Å²) < 4.78 is 5.39.